The lowest BCUT2D eigenvalue weighted by molar-refractivity contribution is 0.477. The zero-order chi connectivity index (χ0) is 16.9. The molecule has 7 heteroatoms. The Balaban J connectivity index is 2.20. The molecule has 2 aromatic carbocycles. The highest BCUT2D eigenvalue weighted by atomic mass is 16.3. The van der Waals surface area contributed by atoms with E-state index in [0.717, 1.165) is 0 Å². The van der Waals surface area contributed by atoms with Gasteiger partial charge in [0.15, 0.2) is 5.82 Å². The number of aromatic hydroxyl groups is 1. The molecule has 0 amide bonds. The largest absolute Gasteiger partial charge is 0.507 e. The minimum atomic E-state index is -0.514. The van der Waals surface area contributed by atoms with Gasteiger partial charge in [0.1, 0.15) is 11.4 Å². The summed E-state index contributed by atoms with van der Waals surface area (Å²) < 4.78 is 1.20. The zero-order valence-electron chi connectivity index (χ0n) is 12.9. The van der Waals surface area contributed by atoms with Crippen LogP contribution in [0.4, 0.5) is 5.82 Å². The molecule has 0 atom stereocenters. The van der Waals surface area contributed by atoms with Crippen LogP contribution in [0.2, 0.25) is 0 Å². The summed E-state index contributed by atoms with van der Waals surface area (Å²) in [7, 11) is 0. The fraction of sp³-hybridized carbons (Fsp3) is 0.118. The molecule has 0 fully saturated rings. The molecule has 0 radical (unpaired) electrons. The molecule has 4 N–H and O–H groups in total. The Labute approximate surface area is 138 Å². The van der Waals surface area contributed by atoms with Crippen molar-refractivity contribution in [2.75, 3.05) is 18.4 Å². The third kappa shape index (κ3) is 3.11. The van der Waals surface area contributed by atoms with Gasteiger partial charge in [0.05, 0.1) is 5.69 Å². The lowest BCUT2D eigenvalue weighted by Crippen LogP contribution is -2.27. The van der Waals surface area contributed by atoms with Crippen molar-refractivity contribution in [2.45, 2.75) is 0 Å². The maximum absolute atomic E-state index is 12.3. The van der Waals surface area contributed by atoms with Crippen LogP contribution in [0.1, 0.15) is 0 Å². The number of nitrogens with zero attached hydrogens (tertiary/aromatic N) is 3. The number of aromatic nitrogens is 3. The van der Waals surface area contributed by atoms with E-state index in [9.17, 15) is 9.90 Å². The number of para-hydroxylation sites is 2. The molecule has 0 saturated carbocycles. The third-order valence-electron chi connectivity index (χ3n) is 3.41. The first-order valence-electron chi connectivity index (χ1n) is 7.50. The van der Waals surface area contributed by atoms with E-state index in [1.807, 2.05) is 18.2 Å². The molecule has 0 bridgehead atoms. The van der Waals surface area contributed by atoms with Crippen LogP contribution in [-0.2, 0) is 0 Å². The summed E-state index contributed by atoms with van der Waals surface area (Å²) in [6.45, 7) is 0.813. The molecule has 122 valence electrons. The molecule has 0 unspecified atom stereocenters. The number of nitrogens with two attached hydrogens (primary N) is 1. The van der Waals surface area contributed by atoms with Crippen LogP contribution >= 0.6 is 0 Å². The fourth-order valence-electron chi connectivity index (χ4n) is 2.29. The van der Waals surface area contributed by atoms with E-state index in [2.05, 4.69) is 15.4 Å². The van der Waals surface area contributed by atoms with Crippen molar-refractivity contribution in [2.24, 2.45) is 5.73 Å². The number of phenolic OH excluding ortho intramolecular Hbond substituents is 1. The highest BCUT2D eigenvalue weighted by molar-refractivity contribution is 5.75. The van der Waals surface area contributed by atoms with Gasteiger partial charge in [-0.05, 0) is 24.3 Å². The van der Waals surface area contributed by atoms with Crippen LogP contribution in [0.25, 0.3) is 16.9 Å². The summed E-state index contributed by atoms with van der Waals surface area (Å²) in [5.74, 6) is 0.347. The molecule has 0 saturated heterocycles. The third-order valence-corrected chi connectivity index (χ3v) is 3.41. The number of rotatable bonds is 5. The fourth-order valence-corrected chi connectivity index (χ4v) is 2.29. The second kappa shape index (κ2) is 6.93. The van der Waals surface area contributed by atoms with Crippen molar-refractivity contribution in [3.63, 3.8) is 0 Å². The second-order valence-electron chi connectivity index (χ2n) is 5.07. The van der Waals surface area contributed by atoms with Crippen molar-refractivity contribution in [1.29, 1.82) is 0 Å². The lowest BCUT2D eigenvalue weighted by atomic mass is 10.1. The maximum Gasteiger partial charge on any atom is 0.370 e. The second-order valence-corrected chi connectivity index (χ2v) is 5.07. The molecule has 1 heterocycles. The maximum atomic E-state index is 12.3. The Morgan fingerprint density at radius 2 is 1.79 bits per heavy atom. The van der Waals surface area contributed by atoms with Crippen LogP contribution in [0.3, 0.4) is 0 Å². The number of hydrogen-bond donors (Lipinski definition) is 3. The molecule has 0 aliphatic rings. The number of nitrogens with one attached hydrogen (secondary N) is 1. The van der Waals surface area contributed by atoms with Crippen molar-refractivity contribution in [1.82, 2.24) is 14.8 Å². The number of anilines is 1. The highest BCUT2D eigenvalue weighted by Gasteiger charge is 2.16. The SMILES string of the molecule is NCCNc1nc(=O)n(-c2ccccc2)nc1-c1ccccc1O. The van der Waals surface area contributed by atoms with Crippen LogP contribution in [0.15, 0.2) is 59.4 Å². The normalized spacial score (nSPS) is 10.5. The van der Waals surface area contributed by atoms with Crippen LogP contribution in [0, 0.1) is 0 Å². The van der Waals surface area contributed by atoms with E-state index in [4.69, 9.17) is 5.73 Å². The van der Waals surface area contributed by atoms with Crippen molar-refractivity contribution < 1.29 is 5.11 Å². The summed E-state index contributed by atoms with van der Waals surface area (Å²) in [5, 5.41) is 17.5. The molecule has 3 aromatic rings. The first-order chi connectivity index (χ1) is 11.7. The number of hydrogen-bond acceptors (Lipinski definition) is 6. The average Bonchev–Trinajstić information content (AvgIpc) is 2.61. The quantitative estimate of drug-likeness (QED) is 0.655. The minimum Gasteiger partial charge on any atom is -0.507 e. The summed E-state index contributed by atoms with van der Waals surface area (Å²) in [6, 6.07) is 15.8. The zero-order valence-corrected chi connectivity index (χ0v) is 12.9. The monoisotopic (exact) mass is 323 g/mol. The van der Waals surface area contributed by atoms with E-state index in [0.29, 0.717) is 35.9 Å². The van der Waals surface area contributed by atoms with E-state index >= 15 is 0 Å². The number of benzene rings is 2. The first-order valence-corrected chi connectivity index (χ1v) is 7.50. The molecular weight excluding hydrogens is 306 g/mol. The van der Waals surface area contributed by atoms with E-state index in [1.54, 1.807) is 36.4 Å². The Bertz CT molecular complexity index is 893. The molecule has 1 aromatic heterocycles. The van der Waals surface area contributed by atoms with Gasteiger partial charge in [0, 0.05) is 18.7 Å². The Hall–Kier alpha value is -3.19. The molecule has 0 spiro atoms. The Morgan fingerprint density at radius 3 is 2.50 bits per heavy atom. The van der Waals surface area contributed by atoms with Gasteiger partial charge in [-0.25, -0.2) is 4.79 Å². The predicted octanol–water partition coefficient (Wildman–Crippen LogP) is 1.37. The average molecular weight is 323 g/mol. The standard InChI is InChI=1S/C17H17N5O2/c18-10-11-19-16-15(13-8-4-5-9-14(13)23)21-22(17(24)20-16)12-6-2-1-3-7-12/h1-9,23H,10-11,18H2,(H,19,20,24). The van der Waals surface area contributed by atoms with Gasteiger partial charge < -0.3 is 16.2 Å². The van der Waals surface area contributed by atoms with Gasteiger partial charge in [-0.15, -0.1) is 0 Å². The smallest absolute Gasteiger partial charge is 0.370 e. The minimum absolute atomic E-state index is 0.0564. The van der Waals surface area contributed by atoms with Gasteiger partial charge >= 0.3 is 5.69 Å². The van der Waals surface area contributed by atoms with E-state index < -0.39 is 5.69 Å². The highest BCUT2D eigenvalue weighted by Crippen LogP contribution is 2.30. The van der Waals surface area contributed by atoms with Crippen LogP contribution < -0.4 is 16.7 Å². The lowest BCUT2D eigenvalue weighted by Gasteiger charge is -2.13. The molecule has 3 rings (SSSR count). The Kier molecular flexibility index (Phi) is 4.53. The van der Waals surface area contributed by atoms with Gasteiger partial charge in [0.25, 0.3) is 0 Å². The summed E-state index contributed by atoms with van der Waals surface area (Å²) in [6.07, 6.45) is 0. The predicted molar refractivity (Wildman–Crippen MR) is 92.3 cm³/mol. The molecule has 0 aliphatic carbocycles. The van der Waals surface area contributed by atoms with Crippen molar-refractivity contribution >= 4 is 5.82 Å². The van der Waals surface area contributed by atoms with Crippen LogP contribution in [-0.4, -0.2) is 33.0 Å². The summed E-state index contributed by atoms with van der Waals surface area (Å²) in [4.78, 5) is 16.4. The van der Waals surface area contributed by atoms with Gasteiger partial charge in [-0.1, -0.05) is 30.3 Å². The molecule has 0 aliphatic heterocycles. The molecular formula is C17H17N5O2. The topological polar surface area (TPSA) is 106 Å². The summed E-state index contributed by atoms with van der Waals surface area (Å²) in [5.41, 5.74) is 6.45. The molecule has 7 nitrogen and oxygen atoms in total. The van der Waals surface area contributed by atoms with Crippen molar-refractivity contribution in [3.05, 3.63) is 65.1 Å². The van der Waals surface area contributed by atoms with Gasteiger partial charge in [-0.3, -0.25) is 0 Å². The Morgan fingerprint density at radius 1 is 1.08 bits per heavy atom. The number of phenols is 1. The van der Waals surface area contributed by atoms with Gasteiger partial charge in [0.2, 0.25) is 0 Å². The van der Waals surface area contributed by atoms with E-state index in [1.165, 1.54) is 4.68 Å². The molecule has 24 heavy (non-hydrogen) atoms. The van der Waals surface area contributed by atoms with Gasteiger partial charge in [-0.2, -0.15) is 14.8 Å². The van der Waals surface area contributed by atoms with Crippen LogP contribution in [0.5, 0.6) is 5.75 Å². The van der Waals surface area contributed by atoms with Crippen molar-refractivity contribution in [3.8, 4) is 22.7 Å². The summed E-state index contributed by atoms with van der Waals surface area (Å²) >= 11 is 0. The first kappa shape index (κ1) is 15.7. The van der Waals surface area contributed by atoms with E-state index in [-0.39, 0.29) is 5.75 Å².